The molecule has 0 N–H and O–H groups in total. The minimum absolute atomic E-state index is 0.104. The fraction of sp³-hybridized carbons (Fsp3) is 0.692. The molecule has 106 valence electrons. The van der Waals surface area contributed by atoms with Gasteiger partial charge in [0, 0.05) is 31.7 Å². The van der Waals surface area contributed by atoms with Crippen molar-refractivity contribution >= 4 is 21.7 Å². The van der Waals surface area contributed by atoms with E-state index in [-0.39, 0.29) is 25.0 Å². The lowest BCUT2D eigenvalue weighted by Crippen LogP contribution is -2.19. The molecule has 0 aromatic carbocycles. The molecule has 1 aromatic rings. The van der Waals surface area contributed by atoms with Gasteiger partial charge in [-0.2, -0.15) is 5.10 Å². The van der Waals surface area contributed by atoms with Crippen LogP contribution < -0.4 is 0 Å². The van der Waals surface area contributed by atoms with E-state index in [1.54, 1.807) is 4.68 Å². The maximum Gasteiger partial charge on any atom is 0.248 e. The van der Waals surface area contributed by atoms with Crippen molar-refractivity contribution in [3.05, 3.63) is 15.9 Å². The summed E-state index contributed by atoms with van der Waals surface area (Å²) in [4.78, 5) is 12.1. The topological polar surface area (TPSA) is 34.9 Å². The molecule has 0 saturated heterocycles. The van der Waals surface area contributed by atoms with Crippen LogP contribution in [0.2, 0.25) is 0 Å². The molecule has 6 heteroatoms. The number of aromatic nitrogens is 2. The number of carbonyl (C=O) groups is 1. The quantitative estimate of drug-likeness (QED) is 0.844. The molecule has 0 spiro atoms. The first-order chi connectivity index (χ1) is 8.84. The van der Waals surface area contributed by atoms with Gasteiger partial charge in [-0.3, -0.25) is 9.48 Å². The van der Waals surface area contributed by atoms with Gasteiger partial charge in [0.15, 0.2) is 0 Å². The highest BCUT2D eigenvalue weighted by Gasteiger charge is 2.42. The van der Waals surface area contributed by atoms with Crippen molar-refractivity contribution in [1.29, 1.82) is 0 Å². The highest BCUT2D eigenvalue weighted by Crippen LogP contribution is 2.39. The lowest BCUT2D eigenvalue weighted by Gasteiger charge is -2.11. The molecule has 1 heterocycles. The van der Waals surface area contributed by atoms with E-state index in [9.17, 15) is 13.6 Å². The van der Waals surface area contributed by atoms with Crippen LogP contribution in [0, 0.1) is 12.8 Å². The van der Waals surface area contributed by atoms with Gasteiger partial charge < -0.3 is 0 Å². The molecule has 0 amide bonds. The minimum atomic E-state index is -2.67. The average molecular weight is 335 g/mol. The van der Waals surface area contributed by atoms with Crippen LogP contribution in [0.1, 0.15) is 37.6 Å². The number of alkyl halides is 2. The maximum atomic E-state index is 13.1. The molecule has 0 radical (unpaired) electrons. The maximum absolute atomic E-state index is 13.1. The Labute approximate surface area is 119 Å². The van der Waals surface area contributed by atoms with Crippen LogP contribution in [0.15, 0.2) is 4.47 Å². The summed E-state index contributed by atoms with van der Waals surface area (Å²) in [6.45, 7) is 4.46. The van der Waals surface area contributed by atoms with Crippen LogP contribution >= 0.6 is 15.9 Å². The lowest BCUT2D eigenvalue weighted by molar-refractivity contribution is -0.123. The third-order valence-electron chi connectivity index (χ3n) is 3.65. The zero-order valence-electron chi connectivity index (χ0n) is 11.0. The first kappa shape index (κ1) is 14.6. The van der Waals surface area contributed by atoms with Gasteiger partial charge in [-0.1, -0.05) is 0 Å². The van der Waals surface area contributed by atoms with Crippen molar-refractivity contribution in [2.45, 2.75) is 52.0 Å². The van der Waals surface area contributed by atoms with E-state index in [0.29, 0.717) is 13.0 Å². The van der Waals surface area contributed by atoms with Gasteiger partial charge >= 0.3 is 0 Å². The molecule has 1 unspecified atom stereocenters. The SMILES string of the molecule is CCn1nc(C)c(Br)c1CC(=O)C1CCC(F)(F)C1. The molecule has 1 aliphatic rings. The normalized spacial score (nSPS) is 21.8. The van der Waals surface area contributed by atoms with Gasteiger partial charge in [-0.15, -0.1) is 0 Å². The van der Waals surface area contributed by atoms with Crippen molar-refractivity contribution < 1.29 is 13.6 Å². The van der Waals surface area contributed by atoms with Crippen molar-refractivity contribution in [3.8, 4) is 0 Å². The average Bonchev–Trinajstić information content (AvgIpc) is 2.83. The highest BCUT2D eigenvalue weighted by atomic mass is 79.9. The molecule has 2 rings (SSSR count). The monoisotopic (exact) mass is 334 g/mol. The fourth-order valence-electron chi connectivity index (χ4n) is 2.57. The highest BCUT2D eigenvalue weighted by molar-refractivity contribution is 9.10. The molecule has 1 aromatic heterocycles. The number of hydrogen-bond acceptors (Lipinski definition) is 2. The number of carbonyl (C=O) groups excluding carboxylic acids is 1. The Morgan fingerprint density at radius 2 is 2.26 bits per heavy atom. The molecular weight excluding hydrogens is 318 g/mol. The van der Waals surface area contributed by atoms with E-state index < -0.39 is 11.8 Å². The first-order valence-corrected chi connectivity index (χ1v) is 7.25. The fourth-order valence-corrected chi connectivity index (χ4v) is 3.00. The second-order valence-electron chi connectivity index (χ2n) is 5.10. The number of halogens is 3. The van der Waals surface area contributed by atoms with E-state index in [1.165, 1.54) is 0 Å². The number of hydrogen-bond donors (Lipinski definition) is 0. The van der Waals surface area contributed by atoms with Crippen molar-refractivity contribution in [1.82, 2.24) is 9.78 Å². The summed E-state index contributed by atoms with van der Waals surface area (Å²) in [5.41, 5.74) is 1.61. The van der Waals surface area contributed by atoms with E-state index in [0.717, 1.165) is 15.9 Å². The van der Waals surface area contributed by atoms with Crippen LogP contribution in [0.5, 0.6) is 0 Å². The zero-order chi connectivity index (χ0) is 14.2. The van der Waals surface area contributed by atoms with Gasteiger partial charge in [-0.05, 0) is 36.2 Å². The van der Waals surface area contributed by atoms with Crippen molar-refractivity contribution in [3.63, 3.8) is 0 Å². The van der Waals surface area contributed by atoms with E-state index in [4.69, 9.17) is 0 Å². The molecule has 0 aliphatic heterocycles. The van der Waals surface area contributed by atoms with E-state index in [2.05, 4.69) is 21.0 Å². The standard InChI is InChI=1S/C13H17BrF2N2O/c1-3-18-10(12(14)8(2)17-18)6-11(19)9-4-5-13(15,16)7-9/h9H,3-7H2,1-2H3. The van der Waals surface area contributed by atoms with Crippen LogP contribution in [-0.2, 0) is 17.8 Å². The summed E-state index contributed by atoms with van der Waals surface area (Å²) in [6.07, 6.45) is -0.00194. The molecular formula is C13H17BrF2N2O. The van der Waals surface area contributed by atoms with Gasteiger partial charge in [0.05, 0.1) is 15.9 Å². The largest absolute Gasteiger partial charge is 0.299 e. The van der Waals surface area contributed by atoms with E-state index >= 15 is 0 Å². The van der Waals surface area contributed by atoms with Crippen molar-refractivity contribution in [2.75, 3.05) is 0 Å². The molecule has 1 fully saturated rings. The Hall–Kier alpha value is -0.780. The minimum Gasteiger partial charge on any atom is -0.299 e. The Morgan fingerprint density at radius 3 is 2.79 bits per heavy atom. The summed E-state index contributed by atoms with van der Waals surface area (Å²) >= 11 is 3.42. The molecule has 3 nitrogen and oxygen atoms in total. The summed E-state index contributed by atoms with van der Waals surface area (Å²) in [5, 5.41) is 4.31. The smallest absolute Gasteiger partial charge is 0.248 e. The molecule has 1 saturated carbocycles. The Morgan fingerprint density at radius 1 is 1.58 bits per heavy atom. The van der Waals surface area contributed by atoms with E-state index in [1.807, 2.05) is 13.8 Å². The number of aryl methyl sites for hydroxylation is 2. The summed E-state index contributed by atoms with van der Waals surface area (Å²) in [5.74, 6) is -3.28. The predicted octanol–water partition coefficient (Wildman–Crippen LogP) is 3.52. The Bertz CT molecular complexity index is 499. The summed E-state index contributed by atoms with van der Waals surface area (Å²) in [6, 6.07) is 0. The first-order valence-electron chi connectivity index (χ1n) is 6.46. The number of ketones is 1. The third-order valence-corrected chi connectivity index (χ3v) is 4.68. The van der Waals surface area contributed by atoms with Gasteiger partial charge in [0.1, 0.15) is 5.78 Å². The molecule has 0 bridgehead atoms. The molecule has 1 atom stereocenters. The second kappa shape index (κ2) is 5.31. The predicted molar refractivity (Wildman–Crippen MR) is 71.3 cm³/mol. The van der Waals surface area contributed by atoms with Gasteiger partial charge in [-0.25, -0.2) is 8.78 Å². The Balaban J connectivity index is 2.11. The van der Waals surface area contributed by atoms with Gasteiger partial charge in [0.25, 0.3) is 0 Å². The van der Waals surface area contributed by atoms with Crippen LogP contribution in [-0.4, -0.2) is 21.5 Å². The lowest BCUT2D eigenvalue weighted by atomic mass is 9.98. The van der Waals surface area contributed by atoms with Crippen LogP contribution in [0.25, 0.3) is 0 Å². The van der Waals surface area contributed by atoms with Crippen molar-refractivity contribution in [2.24, 2.45) is 5.92 Å². The second-order valence-corrected chi connectivity index (χ2v) is 5.89. The van der Waals surface area contributed by atoms with Gasteiger partial charge in [0.2, 0.25) is 5.92 Å². The summed E-state index contributed by atoms with van der Waals surface area (Å²) < 4.78 is 28.9. The number of rotatable bonds is 4. The zero-order valence-corrected chi connectivity index (χ0v) is 12.6. The van der Waals surface area contributed by atoms with Crippen LogP contribution in [0.4, 0.5) is 8.78 Å². The number of Topliss-reactive ketones (excluding diaryl/α,β-unsaturated/α-hetero) is 1. The third kappa shape index (κ3) is 3.04. The molecule has 1 aliphatic carbocycles. The van der Waals surface area contributed by atoms with Crippen LogP contribution in [0.3, 0.4) is 0 Å². The Kier molecular flexibility index (Phi) is 4.08. The molecule has 19 heavy (non-hydrogen) atoms. The summed E-state index contributed by atoms with van der Waals surface area (Å²) in [7, 11) is 0. The number of nitrogens with zero attached hydrogens (tertiary/aromatic N) is 2.